The van der Waals surface area contributed by atoms with Gasteiger partial charge < -0.3 is 20.1 Å². The second kappa shape index (κ2) is 11.5. The number of anilines is 2. The third-order valence-electron chi connectivity index (χ3n) is 6.30. The number of nitrogens with one attached hydrogen (secondary N) is 2. The lowest BCUT2D eigenvalue weighted by atomic mass is 10.1. The molecule has 1 heterocycles. The first-order valence-corrected chi connectivity index (χ1v) is 12.7. The van der Waals surface area contributed by atoms with E-state index in [1.165, 1.54) is 22.0 Å². The molecule has 1 aliphatic rings. The van der Waals surface area contributed by atoms with E-state index in [-0.39, 0.29) is 17.3 Å². The number of hydrogen-bond acceptors (Lipinski definition) is 6. The van der Waals surface area contributed by atoms with Crippen LogP contribution in [0.15, 0.2) is 77.7 Å². The molecule has 0 bridgehead atoms. The maximum Gasteiger partial charge on any atom is 0.299 e. The van der Waals surface area contributed by atoms with Crippen LogP contribution in [-0.2, 0) is 17.6 Å². The number of aromatic nitrogens is 2. The number of carbonyl (C=O) groups excluding carboxylic acids is 1. The van der Waals surface area contributed by atoms with Crippen LogP contribution in [0, 0.1) is 0 Å². The molecule has 0 saturated carbocycles. The average Bonchev–Trinajstić information content (AvgIpc) is 3.39. The highest BCUT2D eigenvalue weighted by atomic mass is 35.5. The zero-order valence-electron chi connectivity index (χ0n) is 20.9. The van der Waals surface area contributed by atoms with E-state index in [0.717, 1.165) is 19.3 Å². The summed E-state index contributed by atoms with van der Waals surface area (Å²) in [6.07, 6.45) is 4.72. The third-order valence-corrected chi connectivity index (χ3v) is 6.54. The number of rotatable bonds is 9. The molecule has 5 rings (SSSR count). The number of aryl methyl sites for hydroxylation is 2. The van der Waals surface area contributed by atoms with Crippen LogP contribution in [0.2, 0.25) is 5.02 Å². The maximum atomic E-state index is 13.6. The quantitative estimate of drug-likeness (QED) is 0.286. The van der Waals surface area contributed by atoms with Gasteiger partial charge in [0.05, 0.1) is 18.5 Å². The first-order valence-electron chi connectivity index (χ1n) is 12.3. The van der Waals surface area contributed by atoms with Crippen molar-refractivity contribution < 1.29 is 14.3 Å². The van der Waals surface area contributed by atoms with Crippen LogP contribution in [0.3, 0.4) is 0 Å². The van der Waals surface area contributed by atoms with Gasteiger partial charge in [-0.1, -0.05) is 23.7 Å². The number of hydrogen-bond donors (Lipinski definition) is 2. The maximum absolute atomic E-state index is 13.6. The number of carbonyl (C=O) groups is 1. The minimum Gasteiger partial charge on any atom is -0.453 e. The molecule has 3 aromatic carbocycles. The molecule has 0 saturated heterocycles. The van der Waals surface area contributed by atoms with E-state index in [2.05, 4.69) is 21.8 Å². The van der Waals surface area contributed by atoms with Crippen molar-refractivity contribution in [2.24, 2.45) is 0 Å². The summed E-state index contributed by atoms with van der Waals surface area (Å²) in [4.78, 5) is 26.0. The fraction of sp³-hybridized carbons (Fsp3) is 0.207. The van der Waals surface area contributed by atoms with E-state index < -0.39 is 5.56 Å². The predicted molar refractivity (Wildman–Crippen MR) is 147 cm³/mol. The Morgan fingerprint density at radius 3 is 2.66 bits per heavy atom. The fourth-order valence-electron chi connectivity index (χ4n) is 4.38. The van der Waals surface area contributed by atoms with Crippen molar-refractivity contribution in [3.8, 4) is 17.2 Å². The van der Waals surface area contributed by atoms with E-state index in [1.54, 1.807) is 55.6 Å². The predicted octanol–water partition coefficient (Wildman–Crippen LogP) is 5.29. The smallest absolute Gasteiger partial charge is 0.299 e. The normalized spacial score (nSPS) is 12.2. The van der Waals surface area contributed by atoms with Crippen LogP contribution in [0.25, 0.3) is 5.69 Å². The van der Waals surface area contributed by atoms with E-state index in [4.69, 9.17) is 21.1 Å². The largest absolute Gasteiger partial charge is 0.453 e. The van der Waals surface area contributed by atoms with Crippen molar-refractivity contribution in [2.75, 3.05) is 25.6 Å². The van der Waals surface area contributed by atoms with Crippen LogP contribution < -0.4 is 20.9 Å². The molecule has 1 aromatic heterocycles. The van der Waals surface area contributed by atoms with Crippen molar-refractivity contribution in [2.45, 2.75) is 19.3 Å². The molecule has 0 spiro atoms. The van der Waals surface area contributed by atoms with Crippen molar-refractivity contribution in [3.63, 3.8) is 0 Å². The molecule has 194 valence electrons. The summed E-state index contributed by atoms with van der Waals surface area (Å²) in [7, 11) is 1.58. The van der Waals surface area contributed by atoms with Crippen molar-refractivity contribution >= 4 is 28.9 Å². The van der Waals surface area contributed by atoms with Gasteiger partial charge in [0.1, 0.15) is 5.75 Å². The summed E-state index contributed by atoms with van der Waals surface area (Å²) >= 11 is 6.16. The summed E-state index contributed by atoms with van der Waals surface area (Å²) in [5.74, 6) is 0.715. The van der Waals surface area contributed by atoms with Gasteiger partial charge in [0.25, 0.3) is 11.5 Å². The topological polar surface area (TPSA) is 94.5 Å². The highest BCUT2D eigenvalue weighted by Gasteiger charge is 2.18. The Hall–Kier alpha value is -4.14. The molecule has 1 amide bonds. The minimum atomic E-state index is -0.410. The molecule has 0 atom stereocenters. The van der Waals surface area contributed by atoms with Gasteiger partial charge in [0.15, 0.2) is 11.4 Å². The van der Waals surface area contributed by atoms with Gasteiger partial charge in [-0.25, -0.2) is 0 Å². The number of methoxy groups -OCH3 is 1. The van der Waals surface area contributed by atoms with Gasteiger partial charge in [-0.15, -0.1) is 0 Å². The highest BCUT2D eigenvalue weighted by molar-refractivity contribution is 6.30. The van der Waals surface area contributed by atoms with Crippen molar-refractivity contribution in [1.29, 1.82) is 0 Å². The molecule has 0 radical (unpaired) electrons. The Balaban J connectivity index is 1.47. The van der Waals surface area contributed by atoms with Gasteiger partial charge in [-0.2, -0.15) is 9.78 Å². The van der Waals surface area contributed by atoms with Gasteiger partial charge in [0.2, 0.25) is 0 Å². The molecule has 1 aliphatic carbocycles. The second-order valence-corrected chi connectivity index (χ2v) is 9.35. The summed E-state index contributed by atoms with van der Waals surface area (Å²) in [5.41, 5.74) is 4.02. The third kappa shape index (κ3) is 5.72. The summed E-state index contributed by atoms with van der Waals surface area (Å²) in [5, 5.41) is 10.8. The first kappa shape index (κ1) is 25.5. The molecule has 0 unspecified atom stereocenters. The lowest BCUT2D eigenvalue weighted by Crippen LogP contribution is -2.26. The summed E-state index contributed by atoms with van der Waals surface area (Å²) < 4.78 is 12.4. The number of fused-ring (bicyclic) bond motifs is 1. The van der Waals surface area contributed by atoms with Gasteiger partial charge in [0, 0.05) is 29.9 Å². The molecule has 4 aromatic rings. The molecule has 2 N–H and O–H groups in total. The fourth-order valence-corrected chi connectivity index (χ4v) is 4.56. The Morgan fingerprint density at radius 1 is 1.05 bits per heavy atom. The van der Waals surface area contributed by atoms with Gasteiger partial charge in [-0.05, 0) is 85.0 Å². The Bertz CT molecular complexity index is 1520. The molecular formula is C29H27ClN4O4. The second-order valence-electron chi connectivity index (χ2n) is 8.92. The van der Waals surface area contributed by atoms with E-state index in [9.17, 15) is 9.59 Å². The van der Waals surface area contributed by atoms with E-state index in [1.807, 2.05) is 12.1 Å². The zero-order valence-corrected chi connectivity index (χ0v) is 21.6. The molecule has 38 heavy (non-hydrogen) atoms. The molecule has 8 nitrogen and oxygen atoms in total. The Morgan fingerprint density at radius 2 is 1.87 bits per heavy atom. The van der Waals surface area contributed by atoms with Crippen LogP contribution in [0.4, 0.5) is 11.4 Å². The van der Waals surface area contributed by atoms with E-state index in [0.29, 0.717) is 40.9 Å². The summed E-state index contributed by atoms with van der Waals surface area (Å²) in [6, 6.07) is 19.7. The first-order chi connectivity index (χ1) is 18.5. The SMILES string of the molecule is COCCNC(=O)c1ccc(Nc2c(Oc3ccc4c(c3)CCC4)cnn(-c3cccc(Cl)c3)c2=O)cc1. The minimum absolute atomic E-state index is 0.206. The number of ether oxygens (including phenoxy) is 2. The number of nitrogens with zero attached hydrogens (tertiary/aromatic N) is 2. The molecule has 0 aliphatic heterocycles. The molecule has 0 fully saturated rings. The van der Waals surface area contributed by atoms with Crippen LogP contribution >= 0.6 is 11.6 Å². The average molecular weight is 531 g/mol. The zero-order chi connectivity index (χ0) is 26.5. The van der Waals surface area contributed by atoms with Crippen LogP contribution in [0.1, 0.15) is 27.9 Å². The Labute approximate surface area is 225 Å². The van der Waals surface area contributed by atoms with Crippen LogP contribution in [0.5, 0.6) is 11.5 Å². The van der Waals surface area contributed by atoms with Crippen molar-refractivity contribution in [1.82, 2.24) is 15.1 Å². The lowest BCUT2D eigenvalue weighted by molar-refractivity contribution is 0.0937. The Kier molecular flexibility index (Phi) is 7.72. The van der Waals surface area contributed by atoms with Crippen molar-refractivity contribution in [3.05, 3.63) is 105 Å². The number of benzene rings is 3. The monoisotopic (exact) mass is 530 g/mol. The van der Waals surface area contributed by atoms with Crippen LogP contribution in [-0.4, -0.2) is 35.9 Å². The van der Waals surface area contributed by atoms with E-state index >= 15 is 0 Å². The standard InChI is InChI=1S/C29H27ClN4O4/c1-37-15-14-31-28(35)20-8-11-23(12-9-20)33-27-26(38-25-13-10-19-4-2-5-21(19)16-25)18-32-34(29(27)36)24-7-3-6-22(30)17-24/h3,6-13,16-18,33H,2,4-5,14-15H2,1H3,(H,31,35). The van der Waals surface area contributed by atoms with Gasteiger partial charge >= 0.3 is 0 Å². The number of amides is 1. The number of halogens is 1. The molecule has 9 heteroatoms. The summed E-state index contributed by atoms with van der Waals surface area (Å²) in [6.45, 7) is 0.845. The van der Waals surface area contributed by atoms with Gasteiger partial charge in [-0.3, -0.25) is 9.59 Å². The lowest BCUT2D eigenvalue weighted by Gasteiger charge is -2.15. The highest BCUT2D eigenvalue weighted by Crippen LogP contribution is 2.32. The molecular weight excluding hydrogens is 504 g/mol.